The van der Waals surface area contributed by atoms with E-state index in [1.807, 2.05) is 0 Å². The number of benzene rings is 2. The molecule has 11 heteroatoms. The summed E-state index contributed by atoms with van der Waals surface area (Å²) < 4.78 is 54.6. The highest BCUT2D eigenvalue weighted by Gasteiger charge is 2.34. The molecule has 0 unspecified atom stereocenters. The molecule has 2 aromatic carbocycles. The highest BCUT2D eigenvalue weighted by Crippen LogP contribution is 2.33. The molecule has 3 aromatic rings. The van der Waals surface area contributed by atoms with Crippen molar-refractivity contribution in [2.24, 2.45) is 0 Å². The monoisotopic (exact) mass is 462 g/mol. The summed E-state index contributed by atoms with van der Waals surface area (Å²) >= 11 is 0. The Hall–Kier alpha value is -4.02. The van der Waals surface area contributed by atoms with Gasteiger partial charge < -0.3 is 10.6 Å². The van der Waals surface area contributed by atoms with Gasteiger partial charge in [0.15, 0.2) is 5.69 Å². The highest BCUT2D eigenvalue weighted by atomic mass is 19.4. The largest absolute Gasteiger partial charge is 0.418 e. The zero-order valence-electron chi connectivity index (χ0n) is 17.2. The Bertz CT molecular complexity index is 1250. The summed E-state index contributed by atoms with van der Waals surface area (Å²) in [6, 6.07) is 11.0. The second kappa shape index (κ2) is 9.63. The average molecular weight is 462 g/mol. The van der Waals surface area contributed by atoms with Crippen LogP contribution in [0.5, 0.6) is 0 Å². The van der Waals surface area contributed by atoms with E-state index in [1.165, 1.54) is 43.3 Å². The van der Waals surface area contributed by atoms with Gasteiger partial charge in [-0.3, -0.25) is 14.4 Å². The molecule has 0 aliphatic rings. The van der Waals surface area contributed by atoms with Crippen LogP contribution < -0.4 is 16.1 Å². The Kier molecular flexibility index (Phi) is 6.90. The van der Waals surface area contributed by atoms with Crippen molar-refractivity contribution in [1.82, 2.24) is 20.4 Å². The van der Waals surface area contributed by atoms with Crippen molar-refractivity contribution in [1.29, 1.82) is 0 Å². The molecule has 0 saturated heterocycles. The van der Waals surface area contributed by atoms with Crippen molar-refractivity contribution in [2.45, 2.75) is 13.1 Å². The van der Waals surface area contributed by atoms with Crippen molar-refractivity contribution < 1.29 is 27.2 Å². The molecule has 0 atom stereocenters. The molecule has 0 bridgehead atoms. The molecular weight excluding hydrogens is 444 g/mol. The van der Waals surface area contributed by atoms with Crippen molar-refractivity contribution >= 4 is 11.8 Å². The van der Waals surface area contributed by atoms with E-state index in [0.29, 0.717) is 0 Å². The number of nitrogens with zero attached hydrogens (tertiary/aromatic N) is 2. The Labute approximate surface area is 185 Å². The van der Waals surface area contributed by atoms with Gasteiger partial charge in [-0.2, -0.15) is 18.3 Å². The van der Waals surface area contributed by atoms with E-state index in [-0.39, 0.29) is 30.0 Å². The first-order valence-corrected chi connectivity index (χ1v) is 9.68. The number of hydrogen-bond acceptors (Lipinski definition) is 4. The maximum absolute atomic E-state index is 13.6. The van der Waals surface area contributed by atoms with Gasteiger partial charge in [-0.15, -0.1) is 0 Å². The van der Waals surface area contributed by atoms with E-state index in [1.54, 1.807) is 0 Å². The molecule has 2 amide bonds. The lowest BCUT2D eigenvalue weighted by Gasteiger charge is -2.16. The number of nitrogens with one attached hydrogen (secondary N) is 2. The van der Waals surface area contributed by atoms with Crippen LogP contribution in [0, 0.1) is 12.7 Å². The number of hydrogen-bond donors (Lipinski definition) is 2. The van der Waals surface area contributed by atoms with Crippen LogP contribution in [0.25, 0.3) is 5.69 Å². The minimum absolute atomic E-state index is 0.0874. The number of rotatable bonds is 6. The number of halogens is 4. The van der Waals surface area contributed by atoms with Crippen LogP contribution in [-0.2, 0) is 6.18 Å². The molecule has 1 heterocycles. The quantitative estimate of drug-likeness (QED) is 0.435. The summed E-state index contributed by atoms with van der Waals surface area (Å²) in [4.78, 5) is 36.6. The Morgan fingerprint density at radius 2 is 1.58 bits per heavy atom. The lowest BCUT2D eigenvalue weighted by molar-refractivity contribution is -0.137. The van der Waals surface area contributed by atoms with Crippen molar-refractivity contribution in [3.05, 3.63) is 93.2 Å². The molecule has 0 fully saturated rings. The molecule has 172 valence electrons. The van der Waals surface area contributed by atoms with Crippen LogP contribution in [0.2, 0.25) is 0 Å². The fourth-order valence-corrected chi connectivity index (χ4v) is 3.02. The summed E-state index contributed by atoms with van der Waals surface area (Å²) in [7, 11) is 0. The lowest BCUT2D eigenvalue weighted by Crippen LogP contribution is -2.37. The molecule has 7 nitrogen and oxygen atoms in total. The summed E-state index contributed by atoms with van der Waals surface area (Å²) in [6.45, 7) is 1.17. The zero-order valence-corrected chi connectivity index (χ0v) is 17.2. The van der Waals surface area contributed by atoms with Gasteiger partial charge in [0.2, 0.25) is 5.43 Å². The second-order valence-electron chi connectivity index (χ2n) is 6.92. The van der Waals surface area contributed by atoms with Crippen LogP contribution >= 0.6 is 0 Å². The van der Waals surface area contributed by atoms with Crippen molar-refractivity contribution in [3.63, 3.8) is 0 Å². The summed E-state index contributed by atoms with van der Waals surface area (Å²) in [6.07, 6.45) is -4.67. The van der Waals surface area contributed by atoms with E-state index in [2.05, 4.69) is 15.7 Å². The number of amides is 2. The molecule has 0 radical (unpaired) electrons. The van der Waals surface area contributed by atoms with Gasteiger partial charge in [0.05, 0.1) is 16.8 Å². The third kappa shape index (κ3) is 5.43. The van der Waals surface area contributed by atoms with Crippen LogP contribution in [0.4, 0.5) is 17.6 Å². The molecule has 2 N–H and O–H groups in total. The van der Waals surface area contributed by atoms with E-state index >= 15 is 0 Å². The Morgan fingerprint density at radius 3 is 2.24 bits per heavy atom. The summed E-state index contributed by atoms with van der Waals surface area (Å²) in [5.74, 6) is -2.33. The van der Waals surface area contributed by atoms with E-state index in [0.717, 1.165) is 22.9 Å². The number of alkyl halides is 3. The molecule has 33 heavy (non-hydrogen) atoms. The van der Waals surface area contributed by atoms with E-state index in [9.17, 15) is 31.9 Å². The topological polar surface area (TPSA) is 93.1 Å². The van der Waals surface area contributed by atoms with Crippen molar-refractivity contribution in [3.8, 4) is 5.69 Å². The minimum atomic E-state index is -4.67. The van der Waals surface area contributed by atoms with E-state index < -0.39 is 40.5 Å². The first-order valence-electron chi connectivity index (χ1n) is 9.68. The predicted octanol–water partition coefficient (Wildman–Crippen LogP) is 2.86. The Morgan fingerprint density at radius 1 is 0.970 bits per heavy atom. The van der Waals surface area contributed by atoms with Crippen LogP contribution in [0.15, 0.2) is 59.4 Å². The summed E-state index contributed by atoms with van der Waals surface area (Å²) in [5, 5.41) is 8.61. The normalized spacial score (nSPS) is 11.2. The first-order chi connectivity index (χ1) is 15.6. The Balaban J connectivity index is 1.74. The highest BCUT2D eigenvalue weighted by molar-refractivity contribution is 5.94. The molecule has 0 spiro atoms. The smallest absolute Gasteiger partial charge is 0.350 e. The molecule has 3 rings (SSSR count). The van der Waals surface area contributed by atoms with Gasteiger partial charge in [-0.25, -0.2) is 9.07 Å². The fraction of sp³-hybridized carbons (Fsp3) is 0.182. The maximum atomic E-state index is 13.6. The zero-order chi connectivity index (χ0) is 24.2. The van der Waals surface area contributed by atoms with Gasteiger partial charge in [0.25, 0.3) is 11.8 Å². The van der Waals surface area contributed by atoms with E-state index in [4.69, 9.17) is 0 Å². The van der Waals surface area contributed by atoms with Gasteiger partial charge >= 0.3 is 6.18 Å². The third-order valence-electron chi connectivity index (χ3n) is 4.57. The molecule has 0 aliphatic heterocycles. The SMILES string of the molecule is Cc1cc(=O)c(C(=O)NCCNC(=O)c2ccccc2F)nn1-c1ccccc1C(F)(F)F. The molecule has 0 saturated carbocycles. The van der Waals surface area contributed by atoms with Crippen LogP contribution in [0.3, 0.4) is 0 Å². The summed E-state index contributed by atoms with van der Waals surface area (Å²) in [5.41, 5.74) is -2.78. The number of para-hydroxylation sites is 1. The number of aryl methyl sites for hydroxylation is 1. The van der Waals surface area contributed by atoms with Crippen LogP contribution in [0.1, 0.15) is 32.1 Å². The molecule has 1 aromatic heterocycles. The van der Waals surface area contributed by atoms with Crippen molar-refractivity contribution in [2.75, 3.05) is 13.1 Å². The van der Waals surface area contributed by atoms with Gasteiger partial charge in [-0.05, 0) is 31.2 Å². The lowest BCUT2D eigenvalue weighted by atomic mass is 10.1. The van der Waals surface area contributed by atoms with Gasteiger partial charge in [-0.1, -0.05) is 24.3 Å². The molecular formula is C22H18F4N4O3. The average Bonchev–Trinajstić information content (AvgIpc) is 2.76. The van der Waals surface area contributed by atoms with Crippen LogP contribution in [-0.4, -0.2) is 34.7 Å². The number of aromatic nitrogens is 2. The number of carbonyl (C=O) groups is 2. The number of carbonyl (C=O) groups excluding carboxylic acids is 2. The maximum Gasteiger partial charge on any atom is 0.418 e. The fourth-order valence-electron chi connectivity index (χ4n) is 3.02. The van der Waals surface area contributed by atoms with Gasteiger partial charge in [0, 0.05) is 24.8 Å². The van der Waals surface area contributed by atoms with Gasteiger partial charge in [0.1, 0.15) is 5.82 Å². The standard InChI is InChI=1S/C22H18F4N4O3/c1-13-12-18(31)19(29-30(13)17-9-5-3-7-15(17)22(24,25)26)21(33)28-11-10-27-20(32)14-6-2-4-8-16(14)23/h2-9,12H,10-11H2,1H3,(H,27,32)(H,28,33). The minimum Gasteiger partial charge on any atom is -0.350 e. The second-order valence-corrected chi connectivity index (χ2v) is 6.92. The molecule has 0 aliphatic carbocycles. The first kappa shape index (κ1) is 23.6. The third-order valence-corrected chi connectivity index (χ3v) is 4.57. The predicted molar refractivity (Wildman–Crippen MR) is 111 cm³/mol.